The quantitative estimate of drug-likeness (QED) is 0.682. The average Bonchev–Trinajstić information content (AvgIpc) is 2.30. The van der Waals surface area contributed by atoms with Gasteiger partial charge in [-0.05, 0) is 34.1 Å². The van der Waals surface area contributed by atoms with Crippen molar-refractivity contribution in [1.29, 1.82) is 0 Å². The zero-order valence-electron chi connectivity index (χ0n) is 8.50. The predicted octanol–water partition coefficient (Wildman–Crippen LogP) is 3.12. The van der Waals surface area contributed by atoms with Crippen molar-refractivity contribution in [2.75, 3.05) is 0 Å². The number of rotatable bonds is 2. The Labute approximate surface area is 105 Å². The van der Waals surface area contributed by atoms with Gasteiger partial charge in [-0.2, -0.15) is 0 Å². The van der Waals surface area contributed by atoms with Gasteiger partial charge >= 0.3 is 0 Å². The number of non-ortho nitro benzene ring substituents is 1. The zero-order chi connectivity index (χ0) is 12.4. The van der Waals surface area contributed by atoms with E-state index in [9.17, 15) is 15.2 Å². The third-order valence-corrected chi connectivity index (χ3v) is 2.84. The number of halogens is 1. The molecule has 0 bridgehead atoms. The van der Waals surface area contributed by atoms with E-state index in [1.807, 2.05) is 0 Å². The van der Waals surface area contributed by atoms with E-state index in [0.717, 1.165) is 0 Å². The molecule has 0 unspecified atom stereocenters. The van der Waals surface area contributed by atoms with E-state index in [-0.39, 0.29) is 11.4 Å². The minimum absolute atomic E-state index is 0.0463. The van der Waals surface area contributed by atoms with Crippen molar-refractivity contribution < 1.29 is 10.0 Å². The number of aromatic hydroxyl groups is 1. The fraction of sp³-hybridized carbons (Fsp3) is 0. The van der Waals surface area contributed by atoms with Gasteiger partial charge in [-0.15, -0.1) is 0 Å². The van der Waals surface area contributed by atoms with Crippen LogP contribution < -0.4 is 0 Å². The lowest BCUT2D eigenvalue weighted by Gasteiger charge is -2.05. The molecule has 0 saturated heterocycles. The maximum atomic E-state index is 10.7. The van der Waals surface area contributed by atoms with Crippen molar-refractivity contribution in [1.82, 2.24) is 4.98 Å². The van der Waals surface area contributed by atoms with Gasteiger partial charge in [-0.3, -0.25) is 15.1 Å². The van der Waals surface area contributed by atoms with Gasteiger partial charge in [0.25, 0.3) is 5.69 Å². The number of hydrogen-bond acceptors (Lipinski definition) is 4. The lowest BCUT2D eigenvalue weighted by Crippen LogP contribution is -1.90. The van der Waals surface area contributed by atoms with E-state index in [1.165, 1.54) is 18.2 Å². The van der Waals surface area contributed by atoms with Gasteiger partial charge in [0.1, 0.15) is 5.75 Å². The van der Waals surface area contributed by atoms with Crippen LogP contribution in [0.15, 0.2) is 41.0 Å². The smallest absolute Gasteiger partial charge is 0.270 e. The number of nitrogens with zero attached hydrogens (tertiary/aromatic N) is 2. The summed E-state index contributed by atoms with van der Waals surface area (Å²) in [5.41, 5.74) is 0.704. The molecule has 5 nitrogen and oxygen atoms in total. The number of nitro groups is 1. The van der Waals surface area contributed by atoms with Gasteiger partial charge in [0.2, 0.25) is 0 Å². The highest BCUT2D eigenvalue weighted by atomic mass is 79.9. The third-order valence-electron chi connectivity index (χ3n) is 2.20. The first-order valence-electron chi connectivity index (χ1n) is 4.68. The normalized spacial score (nSPS) is 10.2. The van der Waals surface area contributed by atoms with Crippen LogP contribution in [0.3, 0.4) is 0 Å². The Kier molecular flexibility index (Phi) is 3.06. The molecule has 1 aromatic carbocycles. The summed E-state index contributed by atoms with van der Waals surface area (Å²) in [6, 6.07) is 7.30. The Hall–Kier alpha value is -1.95. The molecule has 2 aromatic rings. The van der Waals surface area contributed by atoms with Crippen LogP contribution in [0.1, 0.15) is 0 Å². The zero-order valence-corrected chi connectivity index (χ0v) is 10.1. The van der Waals surface area contributed by atoms with Gasteiger partial charge in [0, 0.05) is 28.4 Å². The number of aromatic nitrogens is 1. The highest BCUT2D eigenvalue weighted by molar-refractivity contribution is 9.10. The highest BCUT2D eigenvalue weighted by Gasteiger charge is 2.14. The molecule has 0 spiro atoms. The van der Waals surface area contributed by atoms with Crippen LogP contribution in [0.2, 0.25) is 0 Å². The fourth-order valence-corrected chi connectivity index (χ4v) is 1.88. The van der Waals surface area contributed by atoms with E-state index in [4.69, 9.17) is 0 Å². The Morgan fingerprint density at radius 3 is 2.76 bits per heavy atom. The Morgan fingerprint density at radius 1 is 1.35 bits per heavy atom. The van der Waals surface area contributed by atoms with E-state index in [0.29, 0.717) is 15.7 Å². The van der Waals surface area contributed by atoms with Crippen molar-refractivity contribution in [3.63, 3.8) is 0 Å². The first-order valence-corrected chi connectivity index (χ1v) is 5.47. The molecule has 17 heavy (non-hydrogen) atoms. The molecular formula is C11H7BrN2O3. The fourth-order valence-electron chi connectivity index (χ4n) is 1.41. The summed E-state index contributed by atoms with van der Waals surface area (Å²) < 4.78 is 0.663. The van der Waals surface area contributed by atoms with E-state index in [2.05, 4.69) is 20.9 Å². The summed E-state index contributed by atoms with van der Waals surface area (Å²) in [7, 11) is 0. The summed E-state index contributed by atoms with van der Waals surface area (Å²) in [5, 5.41) is 20.4. The van der Waals surface area contributed by atoms with Gasteiger partial charge in [-0.25, -0.2) is 0 Å². The number of pyridine rings is 1. The second-order valence-corrected chi connectivity index (χ2v) is 4.15. The SMILES string of the molecule is O=[N+]([O-])c1ccc(O)c(-c2ncccc2Br)c1. The van der Waals surface area contributed by atoms with Crippen molar-refractivity contribution in [2.24, 2.45) is 0 Å². The molecular weight excluding hydrogens is 288 g/mol. The minimum atomic E-state index is -0.514. The maximum absolute atomic E-state index is 10.7. The van der Waals surface area contributed by atoms with E-state index in [1.54, 1.807) is 18.3 Å². The van der Waals surface area contributed by atoms with Gasteiger partial charge < -0.3 is 5.11 Å². The molecule has 6 heteroatoms. The molecule has 1 N–H and O–H groups in total. The van der Waals surface area contributed by atoms with Crippen LogP contribution in [-0.4, -0.2) is 15.0 Å². The Bertz CT molecular complexity index is 587. The van der Waals surface area contributed by atoms with Crippen molar-refractivity contribution in [3.8, 4) is 17.0 Å². The Morgan fingerprint density at radius 2 is 2.12 bits per heavy atom. The van der Waals surface area contributed by atoms with Crippen molar-refractivity contribution >= 4 is 21.6 Å². The molecule has 0 aliphatic carbocycles. The molecule has 2 rings (SSSR count). The monoisotopic (exact) mass is 294 g/mol. The standard InChI is InChI=1S/C11H7BrN2O3/c12-9-2-1-5-13-11(9)8-6-7(14(16)17)3-4-10(8)15/h1-6,15H. The molecule has 0 radical (unpaired) electrons. The first kappa shape index (κ1) is 11.5. The molecule has 0 amide bonds. The first-order chi connectivity index (χ1) is 8.09. The topological polar surface area (TPSA) is 76.3 Å². The van der Waals surface area contributed by atoms with Gasteiger partial charge in [-0.1, -0.05) is 0 Å². The average molecular weight is 295 g/mol. The lowest BCUT2D eigenvalue weighted by atomic mass is 10.1. The second-order valence-electron chi connectivity index (χ2n) is 3.29. The van der Waals surface area contributed by atoms with Gasteiger partial charge in [0.15, 0.2) is 0 Å². The van der Waals surface area contributed by atoms with Crippen LogP contribution >= 0.6 is 15.9 Å². The third kappa shape index (κ3) is 2.26. The molecule has 0 saturated carbocycles. The van der Waals surface area contributed by atoms with Crippen molar-refractivity contribution in [2.45, 2.75) is 0 Å². The van der Waals surface area contributed by atoms with E-state index < -0.39 is 4.92 Å². The molecule has 0 aliphatic rings. The second kappa shape index (κ2) is 4.50. The van der Waals surface area contributed by atoms with Crippen LogP contribution in [0.4, 0.5) is 5.69 Å². The number of hydrogen-bond donors (Lipinski definition) is 1. The molecule has 0 aliphatic heterocycles. The predicted molar refractivity (Wildman–Crippen MR) is 65.7 cm³/mol. The summed E-state index contributed by atoms with van der Waals surface area (Å²) in [4.78, 5) is 14.2. The molecule has 0 fully saturated rings. The maximum Gasteiger partial charge on any atom is 0.270 e. The van der Waals surface area contributed by atoms with Gasteiger partial charge in [0.05, 0.1) is 10.6 Å². The Balaban J connectivity index is 2.63. The summed E-state index contributed by atoms with van der Waals surface area (Å²) in [6.45, 7) is 0. The highest BCUT2D eigenvalue weighted by Crippen LogP contribution is 2.34. The number of nitro benzene ring substituents is 1. The van der Waals surface area contributed by atoms with Crippen molar-refractivity contribution in [3.05, 3.63) is 51.1 Å². The number of benzene rings is 1. The lowest BCUT2D eigenvalue weighted by molar-refractivity contribution is -0.384. The van der Waals surface area contributed by atoms with Crippen LogP contribution in [0, 0.1) is 10.1 Å². The van der Waals surface area contributed by atoms with Crippen LogP contribution in [-0.2, 0) is 0 Å². The summed E-state index contributed by atoms with van der Waals surface area (Å²) in [6.07, 6.45) is 1.55. The summed E-state index contributed by atoms with van der Waals surface area (Å²) in [5.74, 6) is -0.0463. The largest absolute Gasteiger partial charge is 0.507 e. The van der Waals surface area contributed by atoms with E-state index >= 15 is 0 Å². The molecule has 0 atom stereocenters. The van der Waals surface area contributed by atoms with Crippen LogP contribution in [0.5, 0.6) is 5.75 Å². The molecule has 86 valence electrons. The molecule has 1 heterocycles. The molecule has 1 aromatic heterocycles. The summed E-state index contributed by atoms with van der Waals surface area (Å²) >= 11 is 3.29. The minimum Gasteiger partial charge on any atom is -0.507 e. The van der Waals surface area contributed by atoms with Crippen LogP contribution in [0.25, 0.3) is 11.3 Å². The number of phenolic OH excluding ortho intramolecular Hbond substituents is 1. The number of phenols is 1.